The average molecular weight is 255 g/mol. The molecule has 0 radical (unpaired) electrons. The highest BCUT2D eigenvalue weighted by atomic mass is 32.2. The zero-order valence-electron chi connectivity index (χ0n) is 10.6. The minimum atomic E-state index is 0.567. The Labute approximate surface area is 107 Å². The lowest BCUT2D eigenvalue weighted by Crippen LogP contribution is -2.37. The van der Waals surface area contributed by atoms with E-state index in [4.69, 9.17) is 4.42 Å². The van der Waals surface area contributed by atoms with Crippen molar-refractivity contribution < 1.29 is 4.42 Å². The molecule has 2 unspecified atom stereocenters. The van der Waals surface area contributed by atoms with E-state index in [0.29, 0.717) is 17.2 Å². The van der Waals surface area contributed by atoms with Gasteiger partial charge in [-0.15, -0.1) is 10.2 Å². The lowest BCUT2D eigenvalue weighted by atomic mass is 10.1. The molecule has 0 aromatic carbocycles. The van der Waals surface area contributed by atoms with E-state index >= 15 is 0 Å². The lowest BCUT2D eigenvalue weighted by Gasteiger charge is -2.23. The monoisotopic (exact) mass is 255 g/mol. The van der Waals surface area contributed by atoms with Gasteiger partial charge >= 0.3 is 0 Å². The Balaban J connectivity index is 1.99. The zero-order chi connectivity index (χ0) is 12.1. The van der Waals surface area contributed by atoms with Crippen LogP contribution in [0.1, 0.15) is 44.9 Å². The molecule has 4 nitrogen and oxygen atoms in total. The van der Waals surface area contributed by atoms with Crippen molar-refractivity contribution in [2.75, 3.05) is 6.54 Å². The molecule has 1 aliphatic carbocycles. The van der Waals surface area contributed by atoms with Crippen molar-refractivity contribution in [3.63, 3.8) is 0 Å². The molecule has 0 aliphatic heterocycles. The van der Waals surface area contributed by atoms with Gasteiger partial charge in [0.05, 0.1) is 0 Å². The fraction of sp³-hybridized carbons (Fsp3) is 0.833. The molecule has 96 valence electrons. The molecule has 5 heteroatoms. The summed E-state index contributed by atoms with van der Waals surface area (Å²) in [6, 6.07) is 0.583. The van der Waals surface area contributed by atoms with Crippen LogP contribution in [0, 0.1) is 6.92 Å². The second kappa shape index (κ2) is 6.40. The highest BCUT2D eigenvalue weighted by Gasteiger charge is 2.25. The van der Waals surface area contributed by atoms with Crippen molar-refractivity contribution in [3.8, 4) is 0 Å². The first-order chi connectivity index (χ1) is 8.29. The van der Waals surface area contributed by atoms with Gasteiger partial charge in [-0.05, 0) is 19.4 Å². The predicted octanol–water partition coefficient (Wildman–Crippen LogP) is 2.78. The molecule has 1 fully saturated rings. The molecule has 0 amide bonds. The zero-order valence-corrected chi connectivity index (χ0v) is 11.4. The van der Waals surface area contributed by atoms with Crippen molar-refractivity contribution in [2.45, 2.75) is 62.5 Å². The minimum absolute atomic E-state index is 0.567. The van der Waals surface area contributed by atoms with Crippen molar-refractivity contribution in [2.24, 2.45) is 0 Å². The highest BCUT2D eigenvalue weighted by molar-refractivity contribution is 7.99. The number of aromatic nitrogens is 2. The summed E-state index contributed by atoms with van der Waals surface area (Å²) < 4.78 is 5.47. The van der Waals surface area contributed by atoms with E-state index in [0.717, 1.165) is 11.8 Å². The molecule has 1 N–H and O–H groups in total. The summed E-state index contributed by atoms with van der Waals surface area (Å²) in [4.78, 5) is 0. The normalized spacial score (nSPS) is 25.8. The summed E-state index contributed by atoms with van der Waals surface area (Å²) in [5.74, 6) is 0.654. The standard InChI is InChI=1S/C12H21N3OS/c1-3-13-10-7-5-4-6-8-11(10)17-12-15-14-9(2)16-12/h10-11,13H,3-8H2,1-2H3. The summed E-state index contributed by atoms with van der Waals surface area (Å²) in [6.45, 7) is 5.04. The molecule has 2 atom stereocenters. The summed E-state index contributed by atoms with van der Waals surface area (Å²) >= 11 is 1.74. The van der Waals surface area contributed by atoms with E-state index < -0.39 is 0 Å². The Hall–Kier alpha value is -0.550. The van der Waals surface area contributed by atoms with Gasteiger partial charge in [-0.25, -0.2) is 0 Å². The fourth-order valence-corrected chi connectivity index (χ4v) is 3.56. The number of nitrogens with one attached hydrogen (secondary N) is 1. The molecule has 1 heterocycles. The van der Waals surface area contributed by atoms with Crippen LogP contribution in [0.3, 0.4) is 0 Å². The number of thioether (sulfide) groups is 1. The van der Waals surface area contributed by atoms with Gasteiger partial charge in [0.15, 0.2) is 0 Å². The highest BCUT2D eigenvalue weighted by Crippen LogP contribution is 2.32. The number of hydrogen-bond acceptors (Lipinski definition) is 5. The van der Waals surface area contributed by atoms with Crippen LogP contribution in [0.4, 0.5) is 0 Å². The van der Waals surface area contributed by atoms with E-state index in [1.807, 2.05) is 6.92 Å². The Morgan fingerprint density at radius 2 is 2.12 bits per heavy atom. The van der Waals surface area contributed by atoms with Crippen molar-refractivity contribution >= 4 is 11.8 Å². The maximum atomic E-state index is 5.47. The average Bonchev–Trinajstić information content (AvgIpc) is 2.58. The van der Waals surface area contributed by atoms with E-state index in [-0.39, 0.29) is 0 Å². The third-order valence-corrected chi connectivity index (χ3v) is 4.41. The second-order valence-electron chi connectivity index (χ2n) is 4.55. The van der Waals surface area contributed by atoms with Crippen molar-refractivity contribution in [1.29, 1.82) is 0 Å². The first-order valence-corrected chi connectivity index (χ1v) is 7.37. The van der Waals surface area contributed by atoms with Gasteiger partial charge in [0.25, 0.3) is 5.22 Å². The van der Waals surface area contributed by atoms with Crippen LogP contribution in [-0.4, -0.2) is 28.0 Å². The Kier molecular flexibility index (Phi) is 4.86. The van der Waals surface area contributed by atoms with Gasteiger partial charge in [0.2, 0.25) is 5.89 Å². The molecule has 0 spiro atoms. The van der Waals surface area contributed by atoms with Crippen LogP contribution >= 0.6 is 11.8 Å². The molecule has 1 saturated carbocycles. The summed E-state index contributed by atoms with van der Waals surface area (Å²) in [5.41, 5.74) is 0. The van der Waals surface area contributed by atoms with Crippen molar-refractivity contribution in [1.82, 2.24) is 15.5 Å². The Bertz CT molecular complexity index is 342. The fourth-order valence-electron chi connectivity index (χ4n) is 2.37. The Morgan fingerprint density at radius 3 is 2.82 bits per heavy atom. The molecule has 0 bridgehead atoms. The topological polar surface area (TPSA) is 51.0 Å². The van der Waals surface area contributed by atoms with Gasteiger partial charge in [0, 0.05) is 18.2 Å². The Morgan fingerprint density at radius 1 is 1.29 bits per heavy atom. The van der Waals surface area contributed by atoms with Crippen LogP contribution in [-0.2, 0) is 0 Å². The number of nitrogens with zero attached hydrogens (tertiary/aromatic N) is 2. The smallest absolute Gasteiger partial charge is 0.276 e. The summed E-state index contributed by atoms with van der Waals surface area (Å²) in [7, 11) is 0. The van der Waals surface area contributed by atoms with Crippen LogP contribution in [0.25, 0.3) is 0 Å². The van der Waals surface area contributed by atoms with Crippen LogP contribution in [0.2, 0.25) is 0 Å². The van der Waals surface area contributed by atoms with Crippen molar-refractivity contribution in [3.05, 3.63) is 5.89 Å². The van der Waals surface area contributed by atoms with Crippen LogP contribution in [0.15, 0.2) is 9.64 Å². The molecular formula is C12H21N3OS. The lowest BCUT2D eigenvalue weighted by molar-refractivity contribution is 0.423. The molecule has 2 rings (SSSR count). The first-order valence-electron chi connectivity index (χ1n) is 6.49. The molecule has 17 heavy (non-hydrogen) atoms. The minimum Gasteiger partial charge on any atom is -0.416 e. The summed E-state index contributed by atoms with van der Waals surface area (Å²) in [6.07, 6.45) is 6.49. The van der Waals surface area contributed by atoms with E-state index in [1.165, 1.54) is 32.1 Å². The van der Waals surface area contributed by atoms with Gasteiger partial charge in [0.1, 0.15) is 0 Å². The van der Waals surface area contributed by atoms with E-state index in [2.05, 4.69) is 22.4 Å². The maximum absolute atomic E-state index is 5.47. The van der Waals surface area contributed by atoms with Gasteiger partial charge in [-0.2, -0.15) is 0 Å². The molecule has 1 aliphatic rings. The third kappa shape index (κ3) is 3.71. The second-order valence-corrected chi connectivity index (χ2v) is 5.74. The van der Waals surface area contributed by atoms with E-state index in [9.17, 15) is 0 Å². The maximum Gasteiger partial charge on any atom is 0.276 e. The SMILES string of the molecule is CCNC1CCCCCC1Sc1nnc(C)o1. The summed E-state index contributed by atoms with van der Waals surface area (Å²) in [5, 5.41) is 12.8. The van der Waals surface area contributed by atoms with Crippen LogP contribution in [0.5, 0.6) is 0 Å². The first kappa shape index (κ1) is 12.9. The van der Waals surface area contributed by atoms with Gasteiger partial charge in [-0.3, -0.25) is 0 Å². The number of aryl methyl sites for hydroxylation is 1. The van der Waals surface area contributed by atoms with E-state index in [1.54, 1.807) is 11.8 Å². The molecular weight excluding hydrogens is 234 g/mol. The molecule has 1 aromatic heterocycles. The number of hydrogen-bond donors (Lipinski definition) is 1. The van der Waals surface area contributed by atoms with Gasteiger partial charge in [-0.1, -0.05) is 37.9 Å². The largest absolute Gasteiger partial charge is 0.416 e. The predicted molar refractivity (Wildman–Crippen MR) is 69.2 cm³/mol. The number of rotatable bonds is 4. The third-order valence-electron chi connectivity index (χ3n) is 3.18. The molecule has 0 saturated heterocycles. The van der Waals surface area contributed by atoms with Crippen LogP contribution < -0.4 is 5.32 Å². The van der Waals surface area contributed by atoms with Gasteiger partial charge < -0.3 is 9.73 Å². The molecule has 1 aromatic rings. The quantitative estimate of drug-likeness (QED) is 0.838.